The Labute approximate surface area is 132 Å². The summed E-state index contributed by atoms with van der Waals surface area (Å²) in [5.74, 6) is -0.883. The molecule has 0 saturated carbocycles. The van der Waals surface area contributed by atoms with Crippen LogP contribution >= 0.6 is 23.2 Å². The zero-order valence-electron chi connectivity index (χ0n) is 11.5. The first-order valence-corrected chi connectivity index (χ1v) is 7.39. The Kier molecular flexibility index (Phi) is 5.57. The smallest absolute Gasteiger partial charge is 0.128 e. The minimum Gasteiger partial charge on any atom is -0.310 e. The van der Waals surface area contributed by atoms with Crippen LogP contribution in [0.3, 0.4) is 0 Å². The maximum atomic E-state index is 13.9. The Morgan fingerprint density at radius 2 is 1.81 bits per heavy atom. The molecule has 0 saturated heterocycles. The molecule has 0 aliphatic rings. The van der Waals surface area contributed by atoms with Gasteiger partial charge in [-0.3, -0.25) is 0 Å². The van der Waals surface area contributed by atoms with E-state index in [4.69, 9.17) is 23.2 Å². The number of rotatable bonds is 5. The van der Waals surface area contributed by atoms with Crippen LogP contribution in [0, 0.1) is 11.6 Å². The van der Waals surface area contributed by atoms with Gasteiger partial charge in [-0.25, -0.2) is 8.78 Å². The molecule has 21 heavy (non-hydrogen) atoms. The van der Waals surface area contributed by atoms with Crippen LogP contribution in [-0.2, 0) is 6.42 Å². The van der Waals surface area contributed by atoms with Crippen molar-refractivity contribution in [1.82, 2.24) is 5.32 Å². The van der Waals surface area contributed by atoms with Crippen molar-refractivity contribution < 1.29 is 8.78 Å². The first-order valence-electron chi connectivity index (χ1n) is 6.63. The molecule has 2 aromatic rings. The third kappa shape index (κ3) is 4.16. The van der Waals surface area contributed by atoms with E-state index in [0.29, 0.717) is 28.6 Å². The molecule has 0 aliphatic heterocycles. The summed E-state index contributed by atoms with van der Waals surface area (Å²) >= 11 is 11.9. The molecule has 0 aromatic heterocycles. The highest BCUT2D eigenvalue weighted by Gasteiger charge is 2.17. The molecule has 0 aliphatic carbocycles. The van der Waals surface area contributed by atoms with Crippen LogP contribution in [-0.4, -0.2) is 6.54 Å². The van der Waals surface area contributed by atoms with Crippen LogP contribution < -0.4 is 5.32 Å². The van der Waals surface area contributed by atoms with Crippen molar-refractivity contribution in [2.45, 2.75) is 19.4 Å². The largest absolute Gasteiger partial charge is 0.310 e. The Morgan fingerprint density at radius 1 is 1.05 bits per heavy atom. The van der Waals surface area contributed by atoms with Gasteiger partial charge in [0.25, 0.3) is 0 Å². The lowest BCUT2D eigenvalue weighted by Crippen LogP contribution is -2.24. The molecule has 2 aromatic carbocycles. The fourth-order valence-electron chi connectivity index (χ4n) is 2.22. The molecule has 1 N–H and O–H groups in total. The summed E-state index contributed by atoms with van der Waals surface area (Å²) < 4.78 is 27.3. The highest BCUT2D eigenvalue weighted by molar-refractivity contribution is 6.42. The molecule has 0 heterocycles. The SMILES string of the molecule is CCNC(Cc1ccc(Cl)c(Cl)c1)c1cc(F)ccc1F. The fourth-order valence-corrected chi connectivity index (χ4v) is 2.54. The van der Waals surface area contributed by atoms with Gasteiger partial charge in [0.15, 0.2) is 0 Å². The van der Waals surface area contributed by atoms with E-state index < -0.39 is 11.6 Å². The third-order valence-electron chi connectivity index (χ3n) is 3.21. The normalized spacial score (nSPS) is 12.4. The van der Waals surface area contributed by atoms with Crippen molar-refractivity contribution in [2.75, 3.05) is 6.54 Å². The number of hydrogen-bond acceptors (Lipinski definition) is 1. The number of likely N-dealkylation sites (N-methyl/N-ethyl adjacent to an activating group) is 1. The lowest BCUT2D eigenvalue weighted by Gasteiger charge is -2.19. The zero-order chi connectivity index (χ0) is 15.4. The van der Waals surface area contributed by atoms with Crippen LogP contribution in [0.4, 0.5) is 8.78 Å². The molecule has 0 fully saturated rings. The van der Waals surface area contributed by atoms with E-state index in [-0.39, 0.29) is 6.04 Å². The summed E-state index contributed by atoms with van der Waals surface area (Å²) in [6.45, 7) is 2.56. The second kappa shape index (κ2) is 7.21. The quantitative estimate of drug-likeness (QED) is 0.798. The standard InChI is InChI=1S/C16H15Cl2F2N/c1-2-21-16(12-9-11(19)4-6-15(12)20)8-10-3-5-13(17)14(18)7-10/h3-7,9,16,21H,2,8H2,1H3. The lowest BCUT2D eigenvalue weighted by atomic mass is 9.98. The maximum Gasteiger partial charge on any atom is 0.128 e. The summed E-state index contributed by atoms with van der Waals surface area (Å²) in [5, 5.41) is 4.08. The molecule has 1 atom stereocenters. The molecule has 1 nitrogen and oxygen atoms in total. The molecule has 1 unspecified atom stereocenters. The van der Waals surface area contributed by atoms with E-state index in [9.17, 15) is 8.78 Å². The van der Waals surface area contributed by atoms with E-state index in [2.05, 4.69) is 5.32 Å². The van der Waals surface area contributed by atoms with Gasteiger partial charge < -0.3 is 5.32 Å². The van der Waals surface area contributed by atoms with Gasteiger partial charge in [-0.2, -0.15) is 0 Å². The van der Waals surface area contributed by atoms with E-state index in [1.165, 1.54) is 6.07 Å². The molecule has 0 amide bonds. The van der Waals surface area contributed by atoms with Crippen LogP contribution in [0.2, 0.25) is 10.0 Å². The van der Waals surface area contributed by atoms with Crippen LogP contribution in [0.1, 0.15) is 24.1 Å². The van der Waals surface area contributed by atoms with Crippen molar-refractivity contribution in [2.24, 2.45) is 0 Å². The molecule has 0 bridgehead atoms. The highest BCUT2D eigenvalue weighted by Crippen LogP contribution is 2.27. The van der Waals surface area contributed by atoms with Gasteiger partial charge in [0.1, 0.15) is 11.6 Å². The van der Waals surface area contributed by atoms with E-state index >= 15 is 0 Å². The lowest BCUT2D eigenvalue weighted by molar-refractivity contribution is 0.502. The zero-order valence-corrected chi connectivity index (χ0v) is 13.0. The molecule has 0 spiro atoms. The van der Waals surface area contributed by atoms with Gasteiger partial charge in [-0.15, -0.1) is 0 Å². The monoisotopic (exact) mass is 329 g/mol. The summed E-state index contributed by atoms with van der Waals surface area (Å²) in [6, 6.07) is 8.42. The van der Waals surface area contributed by atoms with Gasteiger partial charge in [0.05, 0.1) is 10.0 Å². The maximum absolute atomic E-state index is 13.9. The van der Waals surface area contributed by atoms with Crippen molar-refractivity contribution >= 4 is 23.2 Å². The van der Waals surface area contributed by atoms with E-state index in [1.807, 2.05) is 13.0 Å². The number of nitrogens with one attached hydrogen (secondary N) is 1. The Morgan fingerprint density at radius 3 is 2.48 bits per heavy atom. The summed E-state index contributed by atoms with van der Waals surface area (Å²) in [6.07, 6.45) is 0.491. The van der Waals surface area contributed by atoms with Gasteiger partial charge in [0.2, 0.25) is 0 Å². The predicted octanol–water partition coefficient (Wildman–Crippen LogP) is 5.16. The second-order valence-electron chi connectivity index (χ2n) is 4.73. The van der Waals surface area contributed by atoms with Crippen molar-refractivity contribution in [3.05, 3.63) is 69.2 Å². The van der Waals surface area contributed by atoms with Gasteiger partial charge >= 0.3 is 0 Å². The molecule has 2 rings (SSSR count). The first-order chi connectivity index (χ1) is 10.0. The van der Waals surface area contributed by atoms with Crippen LogP contribution in [0.15, 0.2) is 36.4 Å². The van der Waals surface area contributed by atoms with Gasteiger partial charge in [-0.1, -0.05) is 36.2 Å². The number of benzene rings is 2. The summed E-state index contributed by atoms with van der Waals surface area (Å²) in [5.41, 5.74) is 1.21. The minimum atomic E-state index is -0.455. The van der Waals surface area contributed by atoms with E-state index in [1.54, 1.807) is 12.1 Å². The van der Waals surface area contributed by atoms with Crippen LogP contribution in [0.5, 0.6) is 0 Å². The predicted molar refractivity (Wildman–Crippen MR) is 82.9 cm³/mol. The Hall–Kier alpha value is -1.16. The fraction of sp³-hybridized carbons (Fsp3) is 0.250. The molecule has 5 heteroatoms. The average Bonchev–Trinajstić information content (AvgIpc) is 2.45. The highest BCUT2D eigenvalue weighted by atomic mass is 35.5. The Balaban J connectivity index is 2.30. The topological polar surface area (TPSA) is 12.0 Å². The second-order valence-corrected chi connectivity index (χ2v) is 5.54. The average molecular weight is 330 g/mol. The molecule has 0 radical (unpaired) electrons. The number of halogens is 4. The molecule has 112 valence electrons. The molecular weight excluding hydrogens is 315 g/mol. The summed E-state index contributed by atoms with van der Waals surface area (Å²) in [7, 11) is 0. The van der Waals surface area contributed by atoms with Crippen LogP contribution in [0.25, 0.3) is 0 Å². The van der Waals surface area contributed by atoms with Gasteiger partial charge in [0, 0.05) is 11.6 Å². The van der Waals surface area contributed by atoms with Crippen molar-refractivity contribution in [1.29, 1.82) is 0 Å². The third-order valence-corrected chi connectivity index (χ3v) is 3.95. The van der Waals surface area contributed by atoms with E-state index in [0.717, 1.165) is 17.7 Å². The van der Waals surface area contributed by atoms with Gasteiger partial charge in [-0.05, 0) is 48.9 Å². The first kappa shape index (κ1) is 16.2. The van der Waals surface area contributed by atoms with Crippen molar-refractivity contribution in [3.8, 4) is 0 Å². The molecular formula is C16H15Cl2F2N. The minimum absolute atomic E-state index is 0.308. The number of hydrogen-bond donors (Lipinski definition) is 1. The Bertz CT molecular complexity index is 632. The van der Waals surface area contributed by atoms with Crippen molar-refractivity contribution in [3.63, 3.8) is 0 Å². The summed E-state index contributed by atoms with van der Waals surface area (Å²) in [4.78, 5) is 0.